The summed E-state index contributed by atoms with van der Waals surface area (Å²) in [7, 11) is 0. The van der Waals surface area contributed by atoms with E-state index in [0.717, 1.165) is 38.0 Å². The van der Waals surface area contributed by atoms with E-state index >= 15 is 0 Å². The van der Waals surface area contributed by atoms with Crippen molar-refractivity contribution in [2.24, 2.45) is 5.92 Å². The highest BCUT2D eigenvalue weighted by atomic mass is 16.2. The van der Waals surface area contributed by atoms with E-state index in [-0.39, 0.29) is 11.8 Å². The summed E-state index contributed by atoms with van der Waals surface area (Å²) in [4.78, 5) is 26.6. The monoisotopic (exact) mass is 402 g/mol. The number of benzene rings is 2. The minimum atomic E-state index is -0.201. The third kappa shape index (κ3) is 4.59. The lowest BCUT2D eigenvalue weighted by Gasteiger charge is -2.31. The summed E-state index contributed by atoms with van der Waals surface area (Å²) in [5, 5.41) is 7.28. The molecule has 3 aromatic rings. The third-order valence-corrected chi connectivity index (χ3v) is 5.50. The third-order valence-electron chi connectivity index (χ3n) is 5.50. The van der Waals surface area contributed by atoms with Crippen molar-refractivity contribution in [2.45, 2.75) is 26.2 Å². The van der Waals surface area contributed by atoms with Crippen LogP contribution in [0, 0.1) is 5.92 Å². The Hall–Kier alpha value is -3.41. The molecule has 0 bridgehead atoms. The fourth-order valence-electron chi connectivity index (χ4n) is 3.97. The number of carbonyl (C=O) groups excluding carboxylic acids is 2. The van der Waals surface area contributed by atoms with Gasteiger partial charge in [-0.05, 0) is 42.9 Å². The van der Waals surface area contributed by atoms with Gasteiger partial charge in [-0.1, -0.05) is 48.5 Å². The smallest absolute Gasteiger partial charge is 0.274 e. The Morgan fingerprint density at radius 3 is 2.27 bits per heavy atom. The SMILES string of the molecule is CC(=O)Nc1cc(C(=O)N2CCC(Cc3ccccc3)CC2)nn1-c1ccccc1. The average Bonchev–Trinajstić information content (AvgIpc) is 3.18. The first-order valence-corrected chi connectivity index (χ1v) is 10.4. The molecule has 2 aromatic carbocycles. The van der Waals surface area contributed by atoms with Gasteiger partial charge in [-0.15, -0.1) is 0 Å². The number of hydrogen-bond donors (Lipinski definition) is 1. The molecule has 1 aromatic heterocycles. The van der Waals surface area contributed by atoms with Gasteiger partial charge in [0.05, 0.1) is 5.69 Å². The Kier molecular flexibility index (Phi) is 5.93. The van der Waals surface area contributed by atoms with Gasteiger partial charge in [-0.3, -0.25) is 9.59 Å². The average molecular weight is 402 g/mol. The fourth-order valence-corrected chi connectivity index (χ4v) is 3.97. The summed E-state index contributed by atoms with van der Waals surface area (Å²) in [6, 6.07) is 21.7. The summed E-state index contributed by atoms with van der Waals surface area (Å²) in [5.41, 5.74) is 2.50. The van der Waals surface area contributed by atoms with Crippen molar-refractivity contribution in [1.82, 2.24) is 14.7 Å². The highest BCUT2D eigenvalue weighted by molar-refractivity contribution is 5.95. The lowest BCUT2D eigenvalue weighted by Crippen LogP contribution is -2.39. The predicted octanol–water partition coefficient (Wildman–Crippen LogP) is 3.93. The van der Waals surface area contributed by atoms with Crippen LogP contribution < -0.4 is 5.32 Å². The quantitative estimate of drug-likeness (QED) is 0.703. The first kappa shape index (κ1) is 19.9. The highest BCUT2D eigenvalue weighted by Crippen LogP contribution is 2.24. The molecule has 6 heteroatoms. The Bertz CT molecular complexity index is 1010. The van der Waals surface area contributed by atoms with Crippen LogP contribution >= 0.6 is 0 Å². The summed E-state index contributed by atoms with van der Waals surface area (Å²) in [6.45, 7) is 2.90. The number of aromatic nitrogens is 2. The maximum atomic E-state index is 13.1. The molecule has 2 heterocycles. The Morgan fingerprint density at radius 1 is 1.00 bits per heavy atom. The molecule has 154 valence electrons. The highest BCUT2D eigenvalue weighted by Gasteiger charge is 2.26. The zero-order chi connectivity index (χ0) is 20.9. The first-order valence-electron chi connectivity index (χ1n) is 10.4. The van der Waals surface area contributed by atoms with Crippen molar-refractivity contribution in [3.05, 3.63) is 78.0 Å². The minimum absolute atomic E-state index is 0.0885. The van der Waals surface area contributed by atoms with Crippen LogP contribution in [0.1, 0.15) is 35.8 Å². The molecule has 0 spiro atoms. The van der Waals surface area contributed by atoms with E-state index in [2.05, 4.69) is 34.7 Å². The Labute approximate surface area is 176 Å². The number of carbonyl (C=O) groups is 2. The molecular formula is C24H26N4O2. The second-order valence-electron chi connectivity index (χ2n) is 7.77. The van der Waals surface area contributed by atoms with Crippen LogP contribution in [0.25, 0.3) is 5.69 Å². The van der Waals surface area contributed by atoms with Crippen LogP contribution in [-0.2, 0) is 11.2 Å². The Morgan fingerprint density at radius 2 is 1.63 bits per heavy atom. The topological polar surface area (TPSA) is 67.2 Å². The van der Waals surface area contributed by atoms with Crippen molar-refractivity contribution in [2.75, 3.05) is 18.4 Å². The molecule has 0 atom stereocenters. The van der Waals surface area contributed by atoms with Gasteiger partial charge in [0.15, 0.2) is 5.69 Å². The molecule has 30 heavy (non-hydrogen) atoms. The van der Waals surface area contributed by atoms with E-state index < -0.39 is 0 Å². The predicted molar refractivity (Wildman–Crippen MR) is 117 cm³/mol. The van der Waals surface area contributed by atoms with E-state index in [4.69, 9.17) is 0 Å². The van der Waals surface area contributed by atoms with Crippen LogP contribution in [0.2, 0.25) is 0 Å². The zero-order valence-electron chi connectivity index (χ0n) is 17.1. The van der Waals surface area contributed by atoms with Gasteiger partial charge in [-0.2, -0.15) is 5.10 Å². The van der Waals surface area contributed by atoms with Gasteiger partial charge in [-0.25, -0.2) is 4.68 Å². The molecule has 6 nitrogen and oxygen atoms in total. The molecule has 2 amide bonds. The van der Waals surface area contributed by atoms with Crippen LogP contribution in [0.3, 0.4) is 0 Å². The van der Waals surface area contributed by atoms with E-state index in [0.29, 0.717) is 17.4 Å². The summed E-state index contributed by atoms with van der Waals surface area (Å²) < 4.78 is 1.61. The summed E-state index contributed by atoms with van der Waals surface area (Å²) in [5.74, 6) is 0.798. The molecule has 0 unspecified atom stereocenters. The maximum absolute atomic E-state index is 13.1. The number of anilines is 1. The number of likely N-dealkylation sites (tertiary alicyclic amines) is 1. The molecule has 1 N–H and O–H groups in total. The van der Waals surface area contributed by atoms with Crippen molar-refractivity contribution >= 4 is 17.6 Å². The number of piperidine rings is 1. The van der Waals surface area contributed by atoms with Crippen molar-refractivity contribution in [3.63, 3.8) is 0 Å². The van der Waals surface area contributed by atoms with Crippen LogP contribution in [0.15, 0.2) is 66.7 Å². The number of nitrogens with zero attached hydrogens (tertiary/aromatic N) is 3. The fraction of sp³-hybridized carbons (Fsp3) is 0.292. The molecule has 0 saturated carbocycles. The molecule has 1 aliphatic rings. The largest absolute Gasteiger partial charge is 0.337 e. The number of amides is 2. The zero-order valence-corrected chi connectivity index (χ0v) is 17.1. The standard InChI is InChI=1S/C24H26N4O2/c1-18(29)25-23-17-22(26-28(23)21-10-6-3-7-11-21)24(30)27-14-12-20(13-15-27)16-19-8-4-2-5-9-19/h2-11,17,20H,12-16H2,1H3,(H,25,29). The van der Waals surface area contributed by atoms with Crippen LogP contribution in [-0.4, -0.2) is 39.6 Å². The van der Waals surface area contributed by atoms with E-state index in [1.54, 1.807) is 10.7 Å². The van der Waals surface area contributed by atoms with Crippen molar-refractivity contribution < 1.29 is 9.59 Å². The molecule has 4 rings (SSSR count). The minimum Gasteiger partial charge on any atom is -0.337 e. The lowest BCUT2D eigenvalue weighted by molar-refractivity contribution is -0.114. The van der Waals surface area contributed by atoms with Crippen molar-refractivity contribution in [3.8, 4) is 5.69 Å². The normalized spacial score (nSPS) is 14.5. The second kappa shape index (κ2) is 8.95. The molecule has 1 aliphatic heterocycles. The molecular weight excluding hydrogens is 376 g/mol. The van der Waals surface area contributed by atoms with Gasteiger partial charge >= 0.3 is 0 Å². The van der Waals surface area contributed by atoms with Gasteiger partial charge in [0, 0.05) is 26.1 Å². The van der Waals surface area contributed by atoms with Crippen LogP contribution in [0.4, 0.5) is 5.82 Å². The van der Waals surface area contributed by atoms with E-state index in [1.807, 2.05) is 41.3 Å². The molecule has 1 fully saturated rings. The Balaban J connectivity index is 1.46. The van der Waals surface area contributed by atoms with Gasteiger partial charge in [0.1, 0.15) is 5.82 Å². The molecule has 0 aliphatic carbocycles. The van der Waals surface area contributed by atoms with Gasteiger partial charge in [0.2, 0.25) is 5.91 Å². The number of hydrogen-bond acceptors (Lipinski definition) is 3. The molecule has 0 radical (unpaired) electrons. The van der Waals surface area contributed by atoms with Gasteiger partial charge in [0.25, 0.3) is 5.91 Å². The number of rotatable bonds is 5. The summed E-state index contributed by atoms with van der Waals surface area (Å²) >= 11 is 0. The lowest BCUT2D eigenvalue weighted by atomic mass is 9.90. The molecule has 1 saturated heterocycles. The first-order chi connectivity index (χ1) is 14.6. The summed E-state index contributed by atoms with van der Waals surface area (Å²) in [6.07, 6.45) is 3.02. The second-order valence-corrected chi connectivity index (χ2v) is 7.77. The van der Waals surface area contributed by atoms with E-state index in [9.17, 15) is 9.59 Å². The van der Waals surface area contributed by atoms with E-state index in [1.165, 1.54) is 12.5 Å². The number of nitrogens with one attached hydrogen (secondary N) is 1. The maximum Gasteiger partial charge on any atom is 0.274 e. The number of para-hydroxylation sites is 1. The van der Waals surface area contributed by atoms with Crippen molar-refractivity contribution in [1.29, 1.82) is 0 Å². The van der Waals surface area contributed by atoms with Gasteiger partial charge < -0.3 is 10.2 Å². The van der Waals surface area contributed by atoms with Crippen LogP contribution in [0.5, 0.6) is 0 Å².